The van der Waals surface area contributed by atoms with Gasteiger partial charge < -0.3 is 13.9 Å². The van der Waals surface area contributed by atoms with E-state index in [0.717, 1.165) is 29.2 Å². The highest BCUT2D eigenvalue weighted by atomic mass is 35.5. The first-order valence-corrected chi connectivity index (χ1v) is 6.57. The fourth-order valence-corrected chi connectivity index (χ4v) is 2.20. The van der Waals surface area contributed by atoms with Crippen LogP contribution in [-0.4, -0.2) is 14.2 Å². The van der Waals surface area contributed by atoms with Crippen molar-refractivity contribution >= 4 is 11.6 Å². The molecule has 0 fully saturated rings. The molecule has 0 aliphatic rings. The predicted molar refractivity (Wildman–Crippen MR) is 75.3 cm³/mol. The van der Waals surface area contributed by atoms with E-state index in [4.69, 9.17) is 25.5 Å². The van der Waals surface area contributed by atoms with E-state index in [1.807, 2.05) is 37.3 Å². The third-order valence-electron chi connectivity index (χ3n) is 2.99. The van der Waals surface area contributed by atoms with Crippen molar-refractivity contribution in [2.45, 2.75) is 18.7 Å². The van der Waals surface area contributed by atoms with Gasteiger partial charge in [0.1, 0.15) is 28.4 Å². The van der Waals surface area contributed by atoms with Crippen molar-refractivity contribution in [1.82, 2.24) is 0 Å². The van der Waals surface area contributed by atoms with Crippen LogP contribution in [0.15, 0.2) is 34.7 Å². The van der Waals surface area contributed by atoms with Gasteiger partial charge in [-0.15, -0.1) is 11.6 Å². The Bertz CT molecular complexity index is 548. The summed E-state index contributed by atoms with van der Waals surface area (Å²) in [6.45, 7) is 2.04. The van der Waals surface area contributed by atoms with Crippen LogP contribution in [0.1, 0.15) is 29.4 Å². The summed E-state index contributed by atoms with van der Waals surface area (Å²) in [7, 11) is 3.24. The zero-order chi connectivity index (χ0) is 13.8. The van der Waals surface area contributed by atoms with Crippen molar-refractivity contribution in [1.29, 1.82) is 0 Å². The lowest BCUT2D eigenvalue weighted by molar-refractivity contribution is 0.396. The van der Waals surface area contributed by atoms with E-state index in [9.17, 15) is 0 Å². The molecule has 0 spiro atoms. The van der Waals surface area contributed by atoms with Crippen molar-refractivity contribution in [3.05, 3.63) is 47.4 Å². The molecule has 1 unspecified atom stereocenters. The van der Waals surface area contributed by atoms with Crippen LogP contribution in [0, 0.1) is 0 Å². The maximum atomic E-state index is 6.49. The minimum absolute atomic E-state index is 0.398. The van der Waals surface area contributed by atoms with Crippen LogP contribution in [0.3, 0.4) is 0 Å². The Morgan fingerprint density at radius 2 is 1.95 bits per heavy atom. The Kier molecular flexibility index (Phi) is 4.38. The van der Waals surface area contributed by atoms with E-state index in [2.05, 4.69) is 0 Å². The molecule has 1 aromatic heterocycles. The number of aryl methyl sites for hydroxylation is 1. The van der Waals surface area contributed by atoms with Crippen molar-refractivity contribution in [2.24, 2.45) is 0 Å². The molecule has 0 N–H and O–H groups in total. The van der Waals surface area contributed by atoms with Crippen LogP contribution in [0.2, 0.25) is 0 Å². The van der Waals surface area contributed by atoms with Gasteiger partial charge in [-0.3, -0.25) is 0 Å². The van der Waals surface area contributed by atoms with Crippen LogP contribution in [0.5, 0.6) is 11.5 Å². The summed E-state index contributed by atoms with van der Waals surface area (Å²) in [5.74, 6) is 3.09. The van der Waals surface area contributed by atoms with E-state index in [1.54, 1.807) is 14.2 Å². The first-order valence-electron chi connectivity index (χ1n) is 6.14. The van der Waals surface area contributed by atoms with Crippen molar-refractivity contribution < 1.29 is 13.9 Å². The summed E-state index contributed by atoms with van der Waals surface area (Å²) in [5, 5.41) is -0.398. The minimum atomic E-state index is -0.398. The van der Waals surface area contributed by atoms with E-state index in [1.165, 1.54) is 0 Å². The molecule has 0 bridgehead atoms. The Labute approximate surface area is 118 Å². The van der Waals surface area contributed by atoms with Crippen molar-refractivity contribution in [2.75, 3.05) is 14.2 Å². The topological polar surface area (TPSA) is 31.6 Å². The van der Waals surface area contributed by atoms with Crippen LogP contribution < -0.4 is 9.47 Å². The zero-order valence-electron chi connectivity index (χ0n) is 11.3. The molecular formula is C15H17ClO3. The summed E-state index contributed by atoms with van der Waals surface area (Å²) < 4.78 is 16.3. The van der Waals surface area contributed by atoms with Gasteiger partial charge >= 0.3 is 0 Å². The third-order valence-corrected chi connectivity index (χ3v) is 3.44. The van der Waals surface area contributed by atoms with Gasteiger partial charge in [-0.1, -0.05) is 6.92 Å². The predicted octanol–water partition coefficient (Wildman–Crippen LogP) is 4.19. The highest BCUT2D eigenvalue weighted by Crippen LogP contribution is 2.37. The van der Waals surface area contributed by atoms with E-state index in [-0.39, 0.29) is 0 Å². The number of furan rings is 1. The van der Waals surface area contributed by atoms with Gasteiger partial charge in [0.2, 0.25) is 0 Å². The molecule has 0 radical (unpaired) electrons. The fourth-order valence-electron chi connectivity index (χ4n) is 1.91. The third kappa shape index (κ3) is 2.87. The minimum Gasteiger partial charge on any atom is -0.497 e. The molecule has 1 heterocycles. The molecule has 102 valence electrons. The van der Waals surface area contributed by atoms with Crippen LogP contribution in [0.4, 0.5) is 0 Å². The molecular weight excluding hydrogens is 264 g/mol. The van der Waals surface area contributed by atoms with Gasteiger partial charge in [-0.05, 0) is 30.3 Å². The molecule has 0 saturated carbocycles. The van der Waals surface area contributed by atoms with Gasteiger partial charge in [0.25, 0.3) is 0 Å². The molecule has 0 aliphatic heterocycles. The molecule has 0 saturated heterocycles. The molecule has 0 aliphatic carbocycles. The normalized spacial score (nSPS) is 12.2. The lowest BCUT2D eigenvalue weighted by Crippen LogP contribution is -1.97. The maximum Gasteiger partial charge on any atom is 0.126 e. The van der Waals surface area contributed by atoms with E-state index < -0.39 is 5.38 Å². The average molecular weight is 281 g/mol. The second kappa shape index (κ2) is 6.02. The second-order valence-corrected chi connectivity index (χ2v) is 4.56. The van der Waals surface area contributed by atoms with Gasteiger partial charge in [0.05, 0.1) is 14.2 Å². The lowest BCUT2D eigenvalue weighted by atomic mass is 10.1. The first-order chi connectivity index (χ1) is 9.19. The van der Waals surface area contributed by atoms with Crippen molar-refractivity contribution in [3.63, 3.8) is 0 Å². The summed E-state index contributed by atoms with van der Waals surface area (Å²) in [5.41, 5.74) is 0.834. The fraction of sp³-hybridized carbons (Fsp3) is 0.333. The summed E-state index contributed by atoms with van der Waals surface area (Å²) in [6.07, 6.45) is 0.846. The largest absolute Gasteiger partial charge is 0.497 e. The Morgan fingerprint density at radius 3 is 2.53 bits per heavy atom. The maximum absolute atomic E-state index is 6.49. The summed E-state index contributed by atoms with van der Waals surface area (Å²) >= 11 is 6.49. The molecule has 0 amide bonds. The number of hydrogen-bond donors (Lipinski definition) is 0. The quantitative estimate of drug-likeness (QED) is 0.770. The zero-order valence-corrected chi connectivity index (χ0v) is 12.0. The number of methoxy groups -OCH3 is 2. The Hall–Kier alpha value is -1.61. The van der Waals surface area contributed by atoms with Gasteiger partial charge in [-0.25, -0.2) is 0 Å². The van der Waals surface area contributed by atoms with Crippen molar-refractivity contribution in [3.8, 4) is 11.5 Å². The average Bonchev–Trinajstić information content (AvgIpc) is 2.94. The van der Waals surface area contributed by atoms with Crippen LogP contribution >= 0.6 is 11.6 Å². The lowest BCUT2D eigenvalue weighted by Gasteiger charge is -2.13. The molecule has 2 aromatic rings. The van der Waals surface area contributed by atoms with Crippen LogP contribution in [0.25, 0.3) is 0 Å². The van der Waals surface area contributed by atoms with Gasteiger partial charge in [0, 0.05) is 12.0 Å². The SMILES string of the molecule is CCc1ccc(C(Cl)c2cc(OC)ccc2OC)o1. The Morgan fingerprint density at radius 1 is 1.16 bits per heavy atom. The number of hydrogen-bond acceptors (Lipinski definition) is 3. The number of rotatable bonds is 5. The molecule has 19 heavy (non-hydrogen) atoms. The number of ether oxygens (including phenoxy) is 2. The molecule has 2 rings (SSSR count). The van der Waals surface area contributed by atoms with E-state index in [0.29, 0.717) is 5.76 Å². The first kappa shape index (κ1) is 13.8. The molecule has 1 aromatic carbocycles. The number of benzene rings is 1. The Balaban J connectivity index is 2.38. The number of halogens is 1. The summed E-state index contributed by atoms with van der Waals surface area (Å²) in [6, 6.07) is 9.39. The monoisotopic (exact) mass is 280 g/mol. The summed E-state index contributed by atoms with van der Waals surface area (Å²) in [4.78, 5) is 0. The smallest absolute Gasteiger partial charge is 0.126 e. The number of alkyl halides is 1. The highest BCUT2D eigenvalue weighted by molar-refractivity contribution is 6.22. The molecule has 4 heteroatoms. The highest BCUT2D eigenvalue weighted by Gasteiger charge is 2.19. The molecule has 3 nitrogen and oxygen atoms in total. The second-order valence-electron chi connectivity index (χ2n) is 4.13. The van der Waals surface area contributed by atoms with Gasteiger partial charge in [-0.2, -0.15) is 0 Å². The van der Waals surface area contributed by atoms with E-state index >= 15 is 0 Å². The van der Waals surface area contributed by atoms with Crippen LogP contribution in [-0.2, 0) is 6.42 Å². The van der Waals surface area contributed by atoms with Gasteiger partial charge in [0.15, 0.2) is 0 Å². The standard InChI is InChI=1S/C15H17ClO3/c1-4-10-5-8-14(19-10)15(16)12-9-11(17-2)6-7-13(12)18-3/h5-9,15H,4H2,1-3H3. The molecule has 1 atom stereocenters.